The molecule has 1 aliphatic heterocycles. The number of nitrogens with zero attached hydrogens (tertiary/aromatic N) is 5. The maximum atomic E-state index is 12.8. The molecule has 1 aliphatic rings. The number of hydrogen-bond acceptors (Lipinski definition) is 6. The first-order valence-electron chi connectivity index (χ1n) is 9.61. The van der Waals surface area contributed by atoms with Gasteiger partial charge in [-0.2, -0.15) is 0 Å². The maximum absolute atomic E-state index is 12.8. The van der Waals surface area contributed by atoms with Crippen molar-refractivity contribution >= 4 is 33.3 Å². The highest BCUT2D eigenvalue weighted by Gasteiger charge is 2.24. The van der Waals surface area contributed by atoms with Gasteiger partial charge in [-0.25, -0.2) is 9.97 Å². The molecule has 0 unspecified atom stereocenters. The van der Waals surface area contributed by atoms with Gasteiger partial charge in [0.05, 0.1) is 22.8 Å². The van der Waals surface area contributed by atoms with E-state index in [4.69, 9.17) is 4.98 Å². The van der Waals surface area contributed by atoms with Crippen molar-refractivity contribution in [3.8, 4) is 0 Å². The normalized spacial score (nSPS) is 16.3. The molecule has 1 fully saturated rings. The van der Waals surface area contributed by atoms with Crippen LogP contribution in [-0.2, 0) is 4.79 Å². The van der Waals surface area contributed by atoms with E-state index >= 15 is 0 Å². The fourth-order valence-electron chi connectivity index (χ4n) is 3.43. The molecule has 4 rings (SSSR count). The third-order valence-electron chi connectivity index (χ3n) is 5.35. The molecule has 1 aromatic carbocycles. The molecule has 1 atom stereocenters. The summed E-state index contributed by atoms with van der Waals surface area (Å²) in [6, 6.07) is 14.1. The van der Waals surface area contributed by atoms with Crippen molar-refractivity contribution in [2.24, 2.45) is 0 Å². The number of pyridine rings is 1. The van der Waals surface area contributed by atoms with Crippen LogP contribution in [0.25, 0.3) is 10.2 Å². The number of fused-ring (bicyclic) bond motifs is 1. The lowest BCUT2D eigenvalue weighted by molar-refractivity contribution is -0.133. The summed E-state index contributed by atoms with van der Waals surface area (Å²) in [6.07, 6.45) is 1.82. The Hall–Kier alpha value is -2.51. The first-order valence-corrected chi connectivity index (χ1v) is 10.4. The highest BCUT2D eigenvalue weighted by Crippen LogP contribution is 2.28. The van der Waals surface area contributed by atoms with Crippen molar-refractivity contribution in [1.82, 2.24) is 19.8 Å². The lowest BCUT2D eigenvalue weighted by Crippen LogP contribution is -2.50. The molecule has 1 amide bonds. The quantitative estimate of drug-likeness (QED) is 0.665. The van der Waals surface area contributed by atoms with E-state index in [1.54, 1.807) is 11.3 Å². The van der Waals surface area contributed by atoms with E-state index in [0.717, 1.165) is 47.2 Å². The van der Waals surface area contributed by atoms with Gasteiger partial charge < -0.3 is 9.80 Å². The summed E-state index contributed by atoms with van der Waals surface area (Å²) >= 11 is 1.66. The lowest BCUT2D eigenvalue weighted by atomic mass is 10.2. The molecule has 3 aromatic rings. The third-order valence-corrected chi connectivity index (χ3v) is 6.55. The molecule has 0 aliphatic carbocycles. The minimum atomic E-state index is -0.0280. The smallest absolute Gasteiger partial charge is 0.237 e. The van der Waals surface area contributed by atoms with E-state index in [1.165, 1.54) is 0 Å². The standard InChI is InChI=1S/C21H25N5OS/c1-16(21-23-17-7-3-4-8-18(17)28-21)24(2)20(27)15-25-11-13-26(14-12-25)19-9-5-6-10-22-19/h3-10,16H,11-15H2,1-2H3/t16-/m0/s1. The Morgan fingerprint density at radius 1 is 1.14 bits per heavy atom. The van der Waals surface area contributed by atoms with Crippen LogP contribution in [0.5, 0.6) is 0 Å². The van der Waals surface area contributed by atoms with Crippen LogP contribution in [0.1, 0.15) is 18.0 Å². The number of thiazole rings is 1. The van der Waals surface area contributed by atoms with Crippen molar-refractivity contribution < 1.29 is 4.79 Å². The average Bonchev–Trinajstić information content (AvgIpc) is 3.18. The molecule has 28 heavy (non-hydrogen) atoms. The summed E-state index contributed by atoms with van der Waals surface area (Å²) in [7, 11) is 1.88. The summed E-state index contributed by atoms with van der Waals surface area (Å²) in [5.74, 6) is 1.15. The second-order valence-corrected chi connectivity index (χ2v) is 8.21. The second-order valence-electron chi connectivity index (χ2n) is 7.15. The van der Waals surface area contributed by atoms with E-state index < -0.39 is 0 Å². The van der Waals surface area contributed by atoms with Gasteiger partial charge in [0.1, 0.15) is 10.8 Å². The number of piperazine rings is 1. The van der Waals surface area contributed by atoms with E-state index in [9.17, 15) is 4.79 Å². The van der Waals surface area contributed by atoms with Crippen molar-refractivity contribution in [3.63, 3.8) is 0 Å². The molecule has 2 aromatic heterocycles. The first-order chi connectivity index (χ1) is 13.6. The molecule has 3 heterocycles. The summed E-state index contributed by atoms with van der Waals surface area (Å²) < 4.78 is 1.16. The van der Waals surface area contributed by atoms with E-state index in [0.29, 0.717) is 6.54 Å². The Morgan fingerprint density at radius 2 is 1.89 bits per heavy atom. The summed E-state index contributed by atoms with van der Waals surface area (Å²) in [5.41, 5.74) is 1.00. The van der Waals surface area contributed by atoms with Crippen molar-refractivity contribution in [2.75, 3.05) is 44.7 Å². The minimum Gasteiger partial charge on any atom is -0.354 e. The Balaban J connectivity index is 1.33. The van der Waals surface area contributed by atoms with Gasteiger partial charge in [0, 0.05) is 39.4 Å². The van der Waals surface area contributed by atoms with E-state index in [1.807, 2.05) is 54.5 Å². The van der Waals surface area contributed by atoms with E-state index in [2.05, 4.69) is 27.8 Å². The predicted octanol–water partition coefficient (Wildman–Crippen LogP) is 3.03. The summed E-state index contributed by atoms with van der Waals surface area (Å²) in [4.78, 5) is 28.3. The number of amides is 1. The molecule has 146 valence electrons. The minimum absolute atomic E-state index is 0.0280. The van der Waals surface area contributed by atoms with Crippen molar-refractivity contribution in [3.05, 3.63) is 53.7 Å². The average molecular weight is 396 g/mol. The molecular formula is C21H25N5OS. The van der Waals surface area contributed by atoms with Gasteiger partial charge in [0.2, 0.25) is 5.91 Å². The number of anilines is 1. The number of likely N-dealkylation sites (N-methyl/N-ethyl adjacent to an activating group) is 1. The molecule has 0 N–H and O–H groups in total. The SMILES string of the molecule is C[C@@H](c1nc2ccccc2s1)N(C)C(=O)CN1CCN(c2ccccn2)CC1. The van der Waals surface area contributed by atoms with Crippen LogP contribution >= 0.6 is 11.3 Å². The Kier molecular flexibility index (Phi) is 5.54. The zero-order valence-corrected chi connectivity index (χ0v) is 17.1. The monoisotopic (exact) mass is 395 g/mol. The Labute approximate surface area is 169 Å². The number of rotatable bonds is 5. The molecule has 7 heteroatoms. The summed E-state index contributed by atoms with van der Waals surface area (Å²) in [6.45, 7) is 6.01. The molecule has 0 bridgehead atoms. The van der Waals surface area contributed by atoms with E-state index in [-0.39, 0.29) is 11.9 Å². The van der Waals surface area contributed by atoms with Gasteiger partial charge >= 0.3 is 0 Å². The zero-order chi connectivity index (χ0) is 19.5. The Morgan fingerprint density at radius 3 is 2.61 bits per heavy atom. The number of aromatic nitrogens is 2. The van der Waals surface area contributed by atoms with Crippen molar-refractivity contribution in [1.29, 1.82) is 0 Å². The molecule has 6 nitrogen and oxygen atoms in total. The van der Waals surface area contributed by atoms with Crippen LogP contribution in [-0.4, -0.2) is 65.4 Å². The van der Waals surface area contributed by atoms with Gasteiger partial charge in [-0.3, -0.25) is 9.69 Å². The molecule has 0 saturated carbocycles. The predicted molar refractivity (Wildman–Crippen MR) is 114 cm³/mol. The summed E-state index contributed by atoms with van der Waals surface area (Å²) in [5, 5.41) is 0.983. The molecule has 0 spiro atoms. The highest BCUT2D eigenvalue weighted by atomic mass is 32.1. The Bertz CT molecular complexity index is 903. The van der Waals surface area contributed by atoms with Crippen LogP contribution in [0.3, 0.4) is 0 Å². The van der Waals surface area contributed by atoms with Crippen LogP contribution in [0.15, 0.2) is 48.7 Å². The first kappa shape index (κ1) is 18.8. The van der Waals surface area contributed by atoms with Gasteiger partial charge in [-0.1, -0.05) is 18.2 Å². The lowest BCUT2D eigenvalue weighted by Gasteiger charge is -2.36. The third kappa shape index (κ3) is 4.00. The van der Waals surface area contributed by atoms with Crippen LogP contribution in [0.2, 0.25) is 0 Å². The van der Waals surface area contributed by atoms with Crippen LogP contribution in [0.4, 0.5) is 5.82 Å². The second kappa shape index (κ2) is 8.24. The largest absolute Gasteiger partial charge is 0.354 e. The molecule has 0 radical (unpaired) electrons. The number of benzene rings is 1. The van der Waals surface area contributed by atoms with Crippen LogP contribution in [0, 0.1) is 0 Å². The zero-order valence-electron chi connectivity index (χ0n) is 16.3. The topological polar surface area (TPSA) is 52.6 Å². The molecule has 1 saturated heterocycles. The number of carbonyl (C=O) groups is 1. The van der Waals surface area contributed by atoms with Gasteiger partial charge in [0.15, 0.2) is 0 Å². The fourth-order valence-corrected chi connectivity index (χ4v) is 4.49. The van der Waals surface area contributed by atoms with Gasteiger partial charge in [-0.05, 0) is 31.2 Å². The van der Waals surface area contributed by atoms with Gasteiger partial charge in [-0.15, -0.1) is 11.3 Å². The highest BCUT2D eigenvalue weighted by molar-refractivity contribution is 7.18. The number of hydrogen-bond donors (Lipinski definition) is 0. The number of para-hydroxylation sites is 1. The fraction of sp³-hybridized carbons (Fsp3) is 0.381. The van der Waals surface area contributed by atoms with Crippen molar-refractivity contribution in [2.45, 2.75) is 13.0 Å². The number of carbonyl (C=O) groups excluding carboxylic acids is 1. The van der Waals surface area contributed by atoms with Crippen LogP contribution < -0.4 is 4.90 Å². The van der Waals surface area contributed by atoms with Gasteiger partial charge in [0.25, 0.3) is 0 Å². The maximum Gasteiger partial charge on any atom is 0.237 e. The molecular weight excluding hydrogens is 370 g/mol.